The van der Waals surface area contributed by atoms with Gasteiger partial charge in [0.2, 0.25) is 0 Å². The van der Waals surface area contributed by atoms with Crippen molar-refractivity contribution in [3.63, 3.8) is 0 Å². The molecule has 0 radical (unpaired) electrons. The van der Waals surface area contributed by atoms with Crippen LogP contribution < -0.4 is 0 Å². The summed E-state index contributed by atoms with van der Waals surface area (Å²) >= 11 is 0. The van der Waals surface area contributed by atoms with Crippen molar-refractivity contribution in [3.8, 4) is 0 Å². The zero-order chi connectivity index (χ0) is 14.2. The summed E-state index contributed by atoms with van der Waals surface area (Å²) in [5.41, 5.74) is 1.06. The molecule has 0 aromatic rings. The molecular formula is C15H24O4. The van der Waals surface area contributed by atoms with Crippen LogP contribution in [0.25, 0.3) is 0 Å². The van der Waals surface area contributed by atoms with Crippen molar-refractivity contribution >= 4 is 0 Å². The zero-order valence-corrected chi connectivity index (χ0v) is 12.1. The van der Waals surface area contributed by atoms with E-state index in [4.69, 9.17) is 4.74 Å². The van der Waals surface area contributed by atoms with Gasteiger partial charge in [0.05, 0.1) is 18.8 Å². The van der Waals surface area contributed by atoms with Crippen molar-refractivity contribution in [1.29, 1.82) is 0 Å². The van der Waals surface area contributed by atoms with Crippen LogP contribution in [0.3, 0.4) is 0 Å². The Bertz CT molecular complexity index is 441. The van der Waals surface area contributed by atoms with Gasteiger partial charge in [-0.15, -0.1) is 0 Å². The molecule has 2 aliphatic carbocycles. The topological polar surface area (TPSA) is 69.9 Å². The second-order valence-electron chi connectivity index (χ2n) is 7.36. The van der Waals surface area contributed by atoms with Gasteiger partial charge in [-0.2, -0.15) is 0 Å². The molecule has 0 aromatic heterocycles. The van der Waals surface area contributed by atoms with Crippen molar-refractivity contribution in [2.45, 2.75) is 52.6 Å². The van der Waals surface area contributed by atoms with Crippen molar-refractivity contribution < 1.29 is 20.1 Å². The number of aliphatic hydroxyl groups is 3. The highest BCUT2D eigenvalue weighted by molar-refractivity contribution is 5.41. The molecule has 0 amide bonds. The summed E-state index contributed by atoms with van der Waals surface area (Å²) in [5, 5.41) is 31.4. The SMILES string of the molecule is C[C@@H]1C[C@H](O)[C@@H]2C3=C1[C@@H](O)OC[C@@]3(C)[C@H](O)C2(C)C. The first-order valence-corrected chi connectivity index (χ1v) is 7.11. The van der Waals surface area contributed by atoms with Gasteiger partial charge in [0.25, 0.3) is 0 Å². The lowest BCUT2D eigenvalue weighted by atomic mass is 9.67. The normalized spacial score (nSPS) is 52.3. The Labute approximate surface area is 114 Å². The number of hydrogen-bond donors (Lipinski definition) is 3. The third-order valence-electron chi connectivity index (χ3n) is 5.66. The van der Waals surface area contributed by atoms with E-state index >= 15 is 0 Å². The minimum absolute atomic E-state index is 0.0859. The molecule has 108 valence electrons. The minimum atomic E-state index is -0.880. The van der Waals surface area contributed by atoms with E-state index in [-0.39, 0.29) is 11.8 Å². The minimum Gasteiger partial charge on any atom is -0.392 e. The highest BCUT2D eigenvalue weighted by Gasteiger charge is 2.64. The standard InChI is InChI=1S/C15H24O4/c1-7-5-8(16)10-11-9(7)12(17)19-6-15(11,4)13(18)14(10,2)3/h7-8,10,12-13,16-18H,5-6H2,1-4H3/t7-,8+,10-,12+,13-,15-/m1/s1. The fourth-order valence-electron chi connectivity index (χ4n) is 4.83. The van der Waals surface area contributed by atoms with Crippen molar-refractivity contribution in [2.75, 3.05) is 6.61 Å². The Morgan fingerprint density at radius 1 is 1.16 bits per heavy atom. The van der Waals surface area contributed by atoms with Crippen LogP contribution in [0.5, 0.6) is 0 Å². The van der Waals surface area contributed by atoms with E-state index < -0.39 is 29.3 Å². The van der Waals surface area contributed by atoms with Crippen LogP contribution in [0.4, 0.5) is 0 Å². The molecule has 0 saturated heterocycles. The summed E-state index contributed by atoms with van der Waals surface area (Å²) in [5.74, 6) is 0.00854. The highest BCUT2D eigenvalue weighted by atomic mass is 16.6. The van der Waals surface area contributed by atoms with E-state index in [2.05, 4.69) is 0 Å². The maximum atomic E-state index is 10.7. The molecule has 3 N–H and O–H groups in total. The summed E-state index contributed by atoms with van der Waals surface area (Å²) in [6.07, 6.45) is -1.28. The quantitative estimate of drug-likeness (QED) is 0.574. The Balaban J connectivity index is 2.26. The van der Waals surface area contributed by atoms with Gasteiger partial charge < -0.3 is 20.1 Å². The molecule has 3 aliphatic rings. The third kappa shape index (κ3) is 1.49. The Morgan fingerprint density at radius 2 is 1.79 bits per heavy atom. The summed E-state index contributed by atoms with van der Waals surface area (Å²) in [7, 11) is 0. The predicted octanol–water partition coefficient (Wildman–Crippen LogP) is 1.06. The largest absolute Gasteiger partial charge is 0.392 e. The van der Waals surface area contributed by atoms with Crippen LogP contribution >= 0.6 is 0 Å². The molecule has 4 nitrogen and oxygen atoms in total. The first-order chi connectivity index (χ1) is 8.71. The molecular weight excluding hydrogens is 244 g/mol. The summed E-state index contributed by atoms with van der Waals surface area (Å²) < 4.78 is 5.51. The number of hydrogen-bond acceptors (Lipinski definition) is 4. The van der Waals surface area contributed by atoms with Gasteiger partial charge in [0.15, 0.2) is 6.29 Å². The fourth-order valence-corrected chi connectivity index (χ4v) is 4.83. The molecule has 1 heterocycles. The van der Waals surface area contributed by atoms with Gasteiger partial charge in [0.1, 0.15) is 0 Å². The molecule has 4 heteroatoms. The van der Waals surface area contributed by atoms with E-state index in [1.54, 1.807) is 0 Å². The first kappa shape index (κ1) is 13.6. The number of rotatable bonds is 0. The Morgan fingerprint density at radius 3 is 2.42 bits per heavy atom. The van der Waals surface area contributed by atoms with Gasteiger partial charge in [-0.05, 0) is 23.5 Å². The zero-order valence-electron chi connectivity index (χ0n) is 12.1. The predicted molar refractivity (Wildman–Crippen MR) is 70.2 cm³/mol. The fraction of sp³-hybridized carbons (Fsp3) is 0.867. The Hall–Kier alpha value is -0.420. The maximum absolute atomic E-state index is 10.7. The monoisotopic (exact) mass is 268 g/mol. The molecule has 1 aliphatic heterocycles. The van der Waals surface area contributed by atoms with Crippen LogP contribution in [0.15, 0.2) is 11.1 Å². The lowest BCUT2D eigenvalue weighted by molar-refractivity contribution is -0.134. The van der Waals surface area contributed by atoms with Crippen molar-refractivity contribution in [1.82, 2.24) is 0 Å². The molecule has 19 heavy (non-hydrogen) atoms. The maximum Gasteiger partial charge on any atom is 0.177 e. The van der Waals surface area contributed by atoms with E-state index in [0.29, 0.717) is 13.0 Å². The molecule has 1 fully saturated rings. The van der Waals surface area contributed by atoms with Crippen LogP contribution in [-0.4, -0.2) is 40.4 Å². The molecule has 0 unspecified atom stereocenters. The van der Waals surface area contributed by atoms with Crippen LogP contribution in [0.2, 0.25) is 0 Å². The Kier molecular flexibility index (Phi) is 2.72. The molecule has 0 aromatic carbocycles. The van der Waals surface area contributed by atoms with Gasteiger partial charge in [-0.3, -0.25) is 0 Å². The summed E-state index contributed by atoms with van der Waals surface area (Å²) in [4.78, 5) is 0. The average molecular weight is 268 g/mol. The van der Waals surface area contributed by atoms with Gasteiger partial charge in [-0.25, -0.2) is 0 Å². The van der Waals surface area contributed by atoms with Crippen LogP contribution in [-0.2, 0) is 4.74 Å². The van der Waals surface area contributed by atoms with Crippen LogP contribution in [0, 0.1) is 22.7 Å². The van der Waals surface area contributed by atoms with Crippen LogP contribution in [0.1, 0.15) is 34.1 Å². The molecule has 3 rings (SSSR count). The smallest absolute Gasteiger partial charge is 0.177 e. The van der Waals surface area contributed by atoms with Gasteiger partial charge in [0, 0.05) is 16.7 Å². The lowest BCUT2D eigenvalue weighted by Crippen LogP contribution is -2.45. The van der Waals surface area contributed by atoms with Crippen molar-refractivity contribution in [3.05, 3.63) is 11.1 Å². The third-order valence-corrected chi connectivity index (χ3v) is 5.66. The molecule has 6 atom stereocenters. The van der Waals surface area contributed by atoms with E-state index in [1.807, 2.05) is 27.7 Å². The molecule has 0 spiro atoms. The molecule has 1 saturated carbocycles. The highest BCUT2D eigenvalue weighted by Crippen LogP contribution is 2.63. The second-order valence-corrected chi connectivity index (χ2v) is 7.36. The lowest BCUT2D eigenvalue weighted by Gasteiger charge is -2.44. The van der Waals surface area contributed by atoms with Gasteiger partial charge >= 0.3 is 0 Å². The number of aliphatic hydroxyl groups excluding tert-OH is 3. The second kappa shape index (κ2) is 3.82. The van der Waals surface area contributed by atoms with Gasteiger partial charge in [-0.1, -0.05) is 27.7 Å². The van der Waals surface area contributed by atoms with E-state index in [9.17, 15) is 15.3 Å². The van der Waals surface area contributed by atoms with E-state index in [0.717, 1.165) is 11.1 Å². The summed E-state index contributed by atoms with van der Waals surface area (Å²) in [6, 6.07) is 0. The van der Waals surface area contributed by atoms with Crippen molar-refractivity contribution in [2.24, 2.45) is 22.7 Å². The number of ether oxygens (including phenoxy) is 1. The average Bonchev–Trinajstić information content (AvgIpc) is 2.46. The summed E-state index contributed by atoms with van der Waals surface area (Å²) in [6.45, 7) is 8.32. The first-order valence-electron chi connectivity index (χ1n) is 7.11. The molecule has 0 bridgehead atoms. The van der Waals surface area contributed by atoms with E-state index in [1.165, 1.54) is 0 Å².